The molecular weight excluding hydrogens is 215 g/mol. The molecule has 1 nitrogen and oxygen atoms in total. The molecule has 2 rings (SSSR count). The van der Waals surface area contributed by atoms with Crippen LogP contribution in [0, 0.1) is 19.7 Å². The van der Waals surface area contributed by atoms with Crippen LogP contribution in [0.2, 0.25) is 0 Å². The predicted molar refractivity (Wildman–Crippen MR) is 65.7 cm³/mol. The standard InChI is InChI=1S/C15H13FO/c1-10-3-8-14(11(2)9-10)15(17)12-4-6-13(16)7-5-12/h3-9H,1-2H3. The van der Waals surface area contributed by atoms with Crippen LogP contribution in [0.3, 0.4) is 0 Å². The van der Waals surface area contributed by atoms with E-state index < -0.39 is 0 Å². The van der Waals surface area contributed by atoms with Crippen molar-refractivity contribution < 1.29 is 9.18 Å². The van der Waals surface area contributed by atoms with Crippen molar-refractivity contribution in [3.63, 3.8) is 0 Å². The fraction of sp³-hybridized carbons (Fsp3) is 0.133. The summed E-state index contributed by atoms with van der Waals surface area (Å²) in [7, 11) is 0. The number of halogens is 1. The lowest BCUT2D eigenvalue weighted by Gasteiger charge is -2.06. The Balaban J connectivity index is 2.40. The van der Waals surface area contributed by atoms with Gasteiger partial charge in [0.15, 0.2) is 5.78 Å². The second-order valence-electron chi connectivity index (χ2n) is 4.15. The van der Waals surface area contributed by atoms with Crippen LogP contribution in [0.4, 0.5) is 4.39 Å². The van der Waals surface area contributed by atoms with Crippen molar-refractivity contribution in [3.8, 4) is 0 Å². The quantitative estimate of drug-likeness (QED) is 0.717. The maximum absolute atomic E-state index is 12.8. The zero-order valence-electron chi connectivity index (χ0n) is 9.83. The van der Waals surface area contributed by atoms with Crippen LogP contribution in [0.25, 0.3) is 0 Å². The number of rotatable bonds is 2. The van der Waals surface area contributed by atoms with Gasteiger partial charge in [0.25, 0.3) is 0 Å². The lowest BCUT2D eigenvalue weighted by atomic mass is 9.98. The highest BCUT2D eigenvalue weighted by Crippen LogP contribution is 2.16. The lowest BCUT2D eigenvalue weighted by molar-refractivity contribution is 0.103. The number of aryl methyl sites for hydroxylation is 2. The van der Waals surface area contributed by atoms with Crippen molar-refractivity contribution in [2.24, 2.45) is 0 Å². The van der Waals surface area contributed by atoms with E-state index in [2.05, 4.69) is 0 Å². The Morgan fingerprint density at radius 2 is 1.65 bits per heavy atom. The maximum atomic E-state index is 12.8. The molecular formula is C15H13FO. The van der Waals surface area contributed by atoms with E-state index in [-0.39, 0.29) is 11.6 Å². The van der Waals surface area contributed by atoms with E-state index in [0.717, 1.165) is 11.1 Å². The van der Waals surface area contributed by atoms with E-state index in [9.17, 15) is 9.18 Å². The van der Waals surface area contributed by atoms with E-state index in [1.165, 1.54) is 24.3 Å². The molecule has 0 aliphatic heterocycles. The molecule has 0 atom stereocenters. The Morgan fingerprint density at radius 3 is 2.24 bits per heavy atom. The molecule has 0 radical (unpaired) electrons. The molecule has 0 spiro atoms. The van der Waals surface area contributed by atoms with Gasteiger partial charge in [-0.25, -0.2) is 4.39 Å². The minimum atomic E-state index is -0.331. The third-order valence-electron chi connectivity index (χ3n) is 2.73. The highest BCUT2D eigenvalue weighted by molar-refractivity contribution is 6.09. The lowest BCUT2D eigenvalue weighted by Crippen LogP contribution is -2.03. The minimum absolute atomic E-state index is 0.0671. The number of carbonyl (C=O) groups is 1. The zero-order chi connectivity index (χ0) is 12.4. The molecule has 0 saturated carbocycles. The number of hydrogen-bond donors (Lipinski definition) is 0. The molecule has 0 saturated heterocycles. The molecule has 0 aliphatic rings. The van der Waals surface area contributed by atoms with Gasteiger partial charge in [-0.3, -0.25) is 4.79 Å². The molecule has 0 fully saturated rings. The van der Waals surface area contributed by atoms with Gasteiger partial charge in [0, 0.05) is 11.1 Å². The summed E-state index contributed by atoms with van der Waals surface area (Å²) in [4.78, 5) is 12.2. The monoisotopic (exact) mass is 228 g/mol. The highest BCUT2D eigenvalue weighted by Gasteiger charge is 2.11. The summed E-state index contributed by atoms with van der Waals surface area (Å²) in [5, 5.41) is 0. The van der Waals surface area contributed by atoms with E-state index in [1.807, 2.05) is 32.0 Å². The number of ketones is 1. The molecule has 0 unspecified atom stereocenters. The van der Waals surface area contributed by atoms with Gasteiger partial charge >= 0.3 is 0 Å². The van der Waals surface area contributed by atoms with Crippen molar-refractivity contribution in [2.75, 3.05) is 0 Å². The van der Waals surface area contributed by atoms with Crippen LogP contribution < -0.4 is 0 Å². The average Bonchev–Trinajstić information content (AvgIpc) is 2.29. The Labute approximate surface area is 99.9 Å². The second kappa shape index (κ2) is 4.50. The summed E-state index contributed by atoms with van der Waals surface area (Å²) < 4.78 is 12.8. The summed E-state index contributed by atoms with van der Waals surface area (Å²) in [6.45, 7) is 3.89. The van der Waals surface area contributed by atoms with Crippen molar-refractivity contribution in [2.45, 2.75) is 13.8 Å². The van der Waals surface area contributed by atoms with Gasteiger partial charge in [0.1, 0.15) is 5.82 Å². The Bertz CT molecular complexity index is 556. The van der Waals surface area contributed by atoms with Gasteiger partial charge in [-0.15, -0.1) is 0 Å². The first-order valence-electron chi connectivity index (χ1n) is 5.45. The first-order chi connectivity index (χ1) is 8.08. The van der Waals surface area contributed by atoms with Crippen molar-refractivity contribution in [3.05, 3.63) is 70.5 Å². The topological polar surface area (TPSA) is 17.1 Å². The van der Waals surface area contributed by atoms with E-state index in [0.29, 0.717) is 11.1 Å². The number of hydrogen-bond acceptors (Lipinski definition) is 1. The molecule has 17 heavy (non-hydrogen) atoms. The molecule has 0 aliphatic carbocycles. The highest BCUT2D eigenvalue weighted by atomic mass is 19.1. The Hall–Kier alpha value is -1.96. The van der Waals surface area contributed by atoms with E-state index in [1.54, 1.807) is 0 Å². The molecule has 2 aromatic rings. The number of benzene rings is 2. The van der Waals surface area contributed by atoms with Gasteiger partial charge in [0.05, 0.1) is 0 Å². The van der Waals surface area contributed by atoms with Crippen LogP contribution in [-0.2, 0) is 0 Å². The van der Waals surface area contributed by atoms with E-state index >= 15 is 0 Å². The fourth-order valence-electron chi connectivity index (χ4n) is 1.83. The van der Waals surface area contributed by atoms with Crippen LogP contribution in [0.5, 0.6) is 0 Å². The van der Waals surface area contributed by atoms with E-state index in [4.69, 9.17) is 0 Å². The van der Waals surface area contributed by atoms with Crippen LogP contribution >= 0.6 is 0 Å². The van der Waals surface area contributed by atoms with Crippen LogP contribution in [-0.4, -0.2) is 5.78 Å². The zero-order valence-corrected chi connectivity index (χ0v) is 9.83. The molecule has 2 heteroatoms. The van der Waals surface area contributed by atoms with Gasteiger partial charge in [-0.2, -0.15) is 0 Å². The summed E-state index contributed by atoms with van der Waals surface area (Å²) >= 11 is 0. The molecule has 0 bridgehead atoms. The van der Waals surface area contributed by atoms with Gasteiger partial charge < -0.3 is 0 Å². The van der Waals surface area contributed by atoms with Gasteiger partial charge in [-0.1, -0.05) is 23.8 Å². The largest absolute Gasteiger partial charge is 0.289 e. The minimum Gasteiger partial charge on any atom is -0.289 e. The smallest absolute Gasteiger partial charge is 0.193 e. The van der Waals surface area contributed by atoms with Gasteiger partial charge in [0.2, 0.25) is 0 Å². The number of carbonyl (C=O) groups excluding carboxylic acids is 1. The maximum Gasteiger partial charge on any atom is 0.193 e. The molecule has 0 amide bonds. The summed E-state index contributed by atoms with van der Waals surface area (Å²) in [5.74, 6) is -0.398. The Morgan fingerprint density at radius 1 is 1.00 bits per heavy atom. The predicted octanol–water partition coefficient (Wildman–Crippen LogP) is 3.67. The first kappa shape index (κ1) is 11.5. The molecule has 0 aromatic heterocycles. The normalized spacial score (nSPS) is 10.3. The second-order valence-corrected chi connectivity index (χ2v) is 4.15. The molecule has 2 aromatic carbocycles. The first-order valence-corrected chi connectivity index (χ1v) is 5.45. The Kier molecular flexibility index (Phi) is 3.05. The SMILES string of the molecule is Cc1ccc(C(=O)c2ccc(F)cc2)c(C)c1. The molecule has 86 valence electrons. The van der Waals surface area contributed by atoms with Gasteiger partial charge in [-0.05, 0) is 43.7 Å². The third kappa shape index (κ3) is 2.41. The van der Waals surface area contributed by atoms with Crippen molar-refractivity contribution in [1.82, 2.24) is 0 Å². The summed E-state index contributed by atoms with van der Waals surface area (Å²) in [6, 6.07) is 11.3. The third-order valence-corrected chi connectivity index (χ3v) is 2.73. The van der Waals surface area contributed by atoms with Crippen molar-refractivity contribution >= 4 is 5.78 Å². The molecule has 0 heterocycles. The summed E-state index contributed by atoms with van der Waals surface area (Å²) in [5.41, 5.74) is 3.25. The fourth-order valence-corrected chi connectivity index (χ4v) is 1.83. The average molecular weight is 228 g/mol. The van der Waals surface area contributed by atoms with Crippen molar-refractivity contribution in [1.29, 1.82) is 0 Å². The van der Waals surface area contributed by atoms with Crippen LogP contribution in [0.1, 0.15) is 27.0 Å². The summed E-state index contributed by atoms with van der Waals surface area (Å²) in [6.07, 6.45) is 0. The molecule has 0 N–H and O–H groups in total. The van der Waals surface area contributed by atoms with Crippen LogP contribution in [0.15, 0.2) is 42.5 Å².